The van der Waals surface area contributed by atoms with Gasteiger partial charge in [-0.3, -0.25) is 0 Å². The van der Waals surface area contributed by atoms with Crippen LogP contribution in [0.15, 0.2) is 62.6 Å². The number of hydrogen-bond acceptors (Lipinski definition) is 5. The summed E-state index contributed by atoms with van der Waals surface area (Å²) in [6, 6.07) is 18.1. The van der Waals surface area contributed by atoms with E-state index in [1.54, 1.807) is 0 Å². The van der Waals surface area contributed by atoms with Crippen molar-refractivity contribution in [3.63, 3.8) is 0 Å². The monoisotopic (exact) mass is 399 g/mol. The van der Waals surface area contributed by atoms with E-state index < -0.39 is 0 Å². The standard InChI is InChI=1S/C18H14BrN3OS/c1-12-5-7-13(8-6-12)9-16(11-20)24-18-22-21-17(23-18)14-3-2-4-15(19)10-14/h2-8,10,16H,9H2,1H3. The molecular formula is C18H14BrN3OS. The molecule has 0 aliphatic rings. The van der Waals surface area contributed by atoms with E-state index in [-0.39, 0.29) is 5.25 Å². The number of nitriles is 1. The van der Waals surface area contributed by atoms with E-state index in [0.717, 1.165) is 15.6 Å². The Morgan fingerprint density at radius 3 is 2.71 bits per heavy atom. The Kier molecular flexibility index (Phi) is 5.34. The molecule has 1 aromatic heterocycles. The van der Waals surface area contributed by atoms with E-state index in [9.17, 15) is 5.26 Å². The van der Waals surface area contributed by atoms with E-state index in [2.05, 4.69) is 32.2 Å². The van der Waals surface area contributed by atoms with Crippen molar-refractivity contribution in [2.75, 3.05) is 0 Å². The van der Waals surface area contributed by atoms with Crippen LogP contribution in [0.25, 0.3) is 11.5 Å². The van der Waals surface area contributed by atoms with Crippen molar-refractivity contribution in [3.8, 4) is 17.5 Å². The summed E-state index contributed by atoms with van der Waals surface area (Å²) in [5, 5.41) is 17.6. The van der Waals surface area contributed by atoms with E-state index in [1.807, 2.05) is 55.5 Å². The van der Waals surface area contributed by atoms with E-state index in [1.165, 1.54) is 17.3 Å². The minimum Gasteiger partial charge on any atom is -0.411 e. The summed E-state index contributed by atoms with van der Waals surface area (Å²) in [5.74, 6) is 0.450. The quantitative estimate of drug-likeness (QED) is 0.562. The molecule has 0 saturated carbocycles. The van der Waals surface area contributed by atoms with Crippen molar-refractivity contribution < 1.29 is 4.42 Å². The average molecular weight is 400 g/mol. The van der Waals surface area contributed by atoms with Crippen LogP contribution in [0.5, 0.6) is 0 Å². The Bertz CT molecular complexity index is 870. The Morgan fingerprint density at radius 1 is 1.21 bits per heavy atom. The van der Waals surface area contributed by atoms with E-state index in [4.69, 9.17) is 4.42 Å². The highest BCUT2D eigenvalue weighted by Crippen LogP contribution is 2.28. The topological polar surface area (TPSA) is 62.7 Å². The fourth-order valence-corrected chi connectivity index (χ4v) is 3.36. The van der Waals surface area contributed by atoms with Crippen LogP contribution in [0.1, 0.15) is 11.1 Å². The summed E-state index contributed by atoms with van der Waals surface area (Å²) in [6.07, 6.45) is 0.635. The first-order valence-electron chi connectivity index (χ1n) is 7.35. The number of halogens is 1. The lowest BCUT2D eigenvalue weighted by Crippen LogP contribution is -2.03. The van der Waals surface area contributed by atoms with Gasteiger partial charge in [0.15, 0.2) is 0 Å². The molecule has 3 rings (SSSR count). The molecule has 4 nitrogen and oxygen atoms in total. The SMILES string of the molecule is Cc1ccc(CC(C#N)Sc2nnc(-c3cccc(Br)c3)o2)cc1. The number of benzene rings is 2. The highest BCUT2D eigenvalue weighted by atomic mass is 79.9. The number of rotatable bonds is 5. The van der Waals surface area contributed by atoms with Gasteiger partial charge in [-0.15, -0.1) is 10.2 Å². The first kappa shape index (κ1) is 16.7. The van der Waals surface area contributed by atoms with Crippen LogP contribution in [0.2, 0.25) is 0 Å². The lowest BCUT2D eigenvalue weighted by atomic mass is 10.1. The summed E-state index contributed by atoms with van der Waals surface area (Å²) < 4.78 is 6.63. The molecule has 0 fully saturated rings. The van der Waals surface area contributed by atoms with Gasteiger partial charge in [-0.05, 0) is 48.9 Å². The third kappa shape index (κ3) is 4.25. The molecule has 3 aromatic rings. The predicted octanol–water partition coefficient (Wildman–Crippen LogP) is 5.03. The molecule has 1 atom stereocenters. The fraction of sp³-hybridized carbons (Fsp3) is 0.167. The van der Waals surface area contributed by atoms with Gasteiger partial charge < -0.3 is 4.42 Å². The van der Waals surface area contributed by atoms with Crippen LogP contribution in [-0.4, -0.2) is 15.4 Å². The summed E-state index contributed by atoms with van der Waals surface area (Å²) in [6.45, 7) is 2.04. The molecule has 1 unspecified atom stereocenters. The number of aromatic nitrogens is 2. The molecule has 0 amide bonds. The smallest absolute Gasteiger partial charge is 0.278 e. The van der Waals surface area contributed by atoms with E-state index >= 15 is 0 Å². The zero-order chi connectivity index (χ0) is 16.9. The van der Waals surface area contributed by atoms with Crippen molar-refractivity contribution in [2.24, 2.45) is 0 Å². The summed E-state index contributed by atoms with van der Waals surface area (Å²) in [4.78, 5) is 0. The lowest BCUT2D eigenvalue weighted by Gasteiger charge is -2.06. The van der Waals surface area contributed by atoms with Crippen molar-refractivity contribution in [1.82, 2.24) is 10.2 Å². The maximum Gasteiger partial charge on any atom is 0.278 e. The Morgan fingerprint density at radius 2 is 2.00 bits per heavy atom. The first-order chi connectivity index (χ1) is 11.6. The largest absolute Gasteiger partial charge is 0.411 e. The Hall–Kier alpha value is -2.10. The number of hydrogen-bond donors (Lipinski definition) is 0. The van der Waals surface area contributed by atoms with Gasteiger partial charge in [-0.25, -0.2) is 0 Å². The maximum atomic E-state index is 9.40. The third-order valence-corrected chi connectivity index (χ3v) is 4.82. The maximum absolute atomic E-state index is 9.40. The van der Waals surface area contributed by atoms with Crippen LogP contribution in [0.3, 0.4) is 0 Å². The van der Waals surface area contributed by atoms with Crippen molar-refractivity contribution in [3.05, 3.63) is 64.1 Å². The van der Waals surface area contributed by atoms with Gasteiger partial charge >= 0.3 is 0 Å². The van der Waals surface area contributed by atoms with Gasteiger partial charge in [-0.2, -0.15) is 5.26 Å². The Balaban J connectivity index is 1.70. The second-order valence-electron chi connectivity index (χ2n) is 5.31. The third-order valence-electron chi connectivity index (χ3n) is 3.41. The minimum absolute atomic E-state index is 0.275. The zero-order valence-electron chi connectivity index (χ0n) is 12.9. The van der Waals surface area contributed by atoms with E-state index in [0.29, 0.717) is 17.5 Å². The van der Waals surface area contributed by atoms with Gasteiger partial charge in [0.1, 0.15) is 5.25 Å². The van der Waals surface area contributed by atoms with Gasteiger partial charge in [0, 0.05) is 10.0 Å². The summed E-state index contributed by atoms with van der Waals surface area (Å²) in [5.41, 5.74) is 3.16. The first-order valence-corrected chi connectivity index (χ1v) is 9.02. The van der Waals surface area contributed by atoms with Crippen LogP contribution in [-0.2, 0) is 6.42 Å². The molecule has 0 spiro atoms. The van der Waals surface area contributed by atoms with Crippen LogP contribution >= 0.6 is 27.7 Å². The summed E-state index contributed by atoms with van der Waals surface area (Å²) in [7, 11) is 0. The van der Waals surface area contributed by atoms with Gasteiger partial charge in [0.2, 0.25) is 5.89 Å². The normalized spacial score (nSPS) is 11.9. The molecule has 6 heteroatoms. The van der Waals surface area contributed by atoms with Crippen LogP contribution < -0.4 is 0 Å². The lowest BCUT2D eigenvalue weighted by molar-refractivity contribution is 0.465. The second kappa shape index (κ2) is 7.65. The molecule has 0 radical (unpaired) electrons. The molecule has 0 bridgehead atoms. The van der Waals surface area contributed by atoms with Crippen molar-refractivity contribution in [1.29, 1.82) is 5.26 Å². The molecule has 24 heavy (non-hydrogen) atoms. The summed E-state index contributed by atoms with van der Waals surface area (Å²) >= 11 is 4.72. The van der Waals surface area contributed by atoms with Crippen molar-refractivity contribution >= 4 is 27.7 Å². The average Bonchev–Trinajstić information content (AvgIpc) is 3.05. The second-order valence-corrected chi connectivity index (χ2v) is 7.38. The number of aryl methyl sites for hydroxylation is 1. The molecule has 0 N–H and O–H groups in total. The van der Waals surface area contributed by atoms with Gasteiger partial charge in [0.25, 0.3) is 5.22 Å². The molecule has 1 heterocycles. The van der Waals surface area contributed by atoms with Gasteiger partial charge in [0.05, 0.1) is 6.07 Å². The molecule has 120 valence electrons. The predicted molar refractivity (Wildman–Crippen MR) is 97.6 cm³/mol. The Labute approximate surface area is 153 Å². The minimum atomic E-state index is -0.275. The molecule has 0 saturated heterocycles. The van der Waals surface area contributed by atoms with Crippen LogP contribution in [0, 0.1) is 18.3 Å². The molecule has 0 aliphatic heterocycles. The number of thioether (sulfide) groups is 1. The molecule has 0 aliphatic carbocycles. The highest BCUT2D eigenvalue weighted by Gasteiger charge is 2.16. The molecular weight excluding hydrogens is 386 g/mol. The highest BCUT2D eigenvalue weighted by molar-refractivity contribution is 9.10. The van der Waals surface area contributed by atoms with Gasteiger partial charge in [-0.1, -0.05) is 51.8 Å². The number of nitrogens with zero attached hydrogens (tertiary/aromatic N) is 3. The fourth-order valence-electron chi connectivity index (χ4n) is 2.17. The van der Waals surface area contributed by atoms with Crippen molar-refractivity contribution in [2.45, 2.75) is 23.8 Å². The zero-order valence-corrected chi connectivity index (χ0v) is 15.3. The van der Waals surface area contributed by atoms with Crippen LogP contribution in [0.4, 0.5) is 0 Å². The molecule has 2 aromatic carbocycles.